The SMILES string of the molecule is CC(C)COC(=O)CC1C(=O)NCCN1C(=O)CNc1cccc(C(=O)N2CCCCCC2)c1. The monoisotopic (exact) mass is 472 g/mol. The van der Waals surface area contributed by atoms with E-state index in [4.69, 9.17) is 4.74 Å². The quantitative estimate of drug-likeness (QED) is 0.561. The molecule has 9 heteroatoms. The average Bonchev–Trinajstić information content (AvgIpc) is 3.12. The molecule has 1 atom stereocenters. The first kappa shape index (κ1) is 25.5. The number of nitrogens with one attached hydrogen (secondary N) is 2. The molecule has 34 heavy (non-hydrogen) atoms. The zero-order valence-corrected chi connectivity index (χ0v) is 20.2. The number of amides is 3. The number of ether oxygens (including phenoxy) is 1. The molecule has 1 unspecified atom stereocenters. The number of piperazine rings is 1. The van der Waals surface area contributed by atoms with Gasteiger partial charge in [0.1, 0.15) is 6.04 Å². The number of hydrogen-bond acceptors (Lipinski definition) is 6. The van der Waals surface area contributed by atoms with Gasteiger partial charge in [0.05, 0.1) is 19.6 Å². The number of rotatable bonds is 8. The molecule has 2 aliphatic heterocycles. The van der Waals surface area contributed by atoms with Gasteiger partial charge in [-0.3, -0.25) is 19.2 Å². The molecule has 0 bridgehead atoms. The maximum absolute atomic E-state index is 12.9. The van der Waals surface area contributed by atoms with Crippen molar-refractivity contribution in [1.82, 2.24) is 15.1 Å². The van der Waals surface area contributed by atoms with Crippen LogP contribution in [0.2, 0.25) is 0 Å². The summed E-state index contributed by atoms with van der Waals surface area (Å²) in [5, 5.41) is 5.78. The fraction of sp³-hybridized carbons (Fsp3) is 0.600. The van der Waals surface area contributed by atoms with Crippen LogP contribution < -0.4 is 10.6 Å². The first-order chi connectivity index (χ1) is 16.3. The number of benzene rings is 1. The first-order valence-electron chi connectivity index (χ1n) is 12.2. The number of esters is 1. The lowest BCUT2D eigenvalue weighted by Crippen LogP contribution is -2.58. The highest BCUT2D eigenvalue weighted by molar-refractivity contribution is 5.96. The van der Waals surface area contributed by atoms with Gasteiger partial charge in [0.2, 0.25) is 11.8 Å². The van der Waals surface area contributed by atoms with Crippen LogP contribution in [0.1, 0.15) is 56.3 Å². The topological polar surface area (TPSA) is 108 Å². The standard InChI is InChI=1S/C25H36N4O5/c1-18(2)17-34-23(31)15-21-24(32)26-10-13-29(21)22(30)16-27-20-9-7-8-19(14-20)25(33)28-11-5-3-4-6-12-28/h7-9,14,18,21,27H,3-6,10-13,15-17H2,1-2H3,(H,26,32). The summed E-state index contributed by atoms with van der Waals surface area (Å²) in [5.74, 6) is -0.953. The summed E-state index contributed by atoms with van der Waals surface area (Å²) in [6.07, 6.45) is 4.17. The summed E-state index contributed by atoms with van der Waals surface area (Å²) in [6.45, 7) is 6.28. The number of carbonyl (C=O) groups is 4. The van der Waals surface area contributed by atoms with Crippen molar-refractivity contribution in [3.8, 4) is 0 Å². The van der Waals surface area contributed by atoms with Crippen molar-refractivity contribution in [3.63, 3.8) is 0 Å². The minimum absolute atomic E-state index is 0.00421. The lowest BCUT2D eigenvalue weighted by Gasteiger charge is -2.34. The van der Waals surface area contributed by atoms with Crippen molar-refractivity contribution in [2.45, 2.75) is 52.0 Å². The molecule has 2 N–H and O–H groups in total. The van der Waals surface area contributed by atoms with Gasteiger partial charge in [-0.25, -0.2) is 0 Å². The smallest absolute Gasteiger partial charge is 0.308 e. The number of anilines is 1. The van der Waals surface area contributed by atoms with E-state index in [1.807, 2.05) is 18.7 Å². The molecular weight excluding hydrogens is 436 g/mol. The molecule has 1 aromatic rings. The predicted octanol–water partition coefficient (Wildman–Crippen LogP) is 2.03. The molecule has 1 aromatic carbocycles. The lowest BCUT2D eigenvalue weighted by molar-refractivity contribution is -0.152. The molecule has 0 spiro atoms. The van der Waals surface area contributed by atoms with Gasteiger partial charge in [0, 0.05) is 37.4 Å². The van der Waals surface area contributed by atoms with Gasteiger partial charge in [-0.1, -0.05) is 32.8 Å². The van der Waals surface area contributed by atoms with Crippen molar-refractivity contribution in [3.05, 3.63) is 29.8 Å². The summed E-state index contributed by atoms with van der Waals surface area (Å²) in [6, 6.07) is 6.24. The third-order valence-electron chi connectivity index (χ3n) is 6.04. The van der Waals surface area contributed by atoms with Gasteiger partial charge in [0.15, 0.2) is 0 Å². The van der Waals surface area contributed by atoms with Crippen LogP contribution in [-0.2, 0) is 19.1 Å². The Kier molecular flexibility index (Phi) is 9.30. The third-order valence-corrected chi connectivity index (χ3v) is 6.04. The molecule has 2 aliphatic rings. The van der Waals surface area contributed by atoms with E-state index >= 15 is 0 Å². The van der Waals surface area contributed by atoms with E-state index < -0.39 is 12.0 Å². The van der Waals surface area contributed by atoms with Crippen molar-refractivity contribution in [2.75, 3.05) is 44.6 Å². The van der Waals surface area contributed by atoms with Crippen LogP contribution in [0, 0.1) is 5.92 Å². The average molecular weight is 473 g/mol. The Morgan fingerprint density at radius 3 is 2.56 bits per heavy atom. The Hall–Kier alpha value is -3.10. The third kappa shape index (κ3) is 7.20. The Morgan fingerprint density at radius 1 is 1.12 bits per heavy atom. The maximum atomic E-state index is 12.9. The summed E-state index contributed by atoms with van der Waals surface area (Å²) >= 11 is 0. The maximum Gasteiger partial charge on any atom is 0.308 e. The van der Waals surface area contributed by atoms with E-state index in [0.29, 0.717) is 24.3 Å². The molecule has 2 heterocycles. The van der Waals surface area contributed by atoms with Crippen LogP contribution in [0.3, 0.4) is 0 Å². The predicted molar refractivity (Wildman–Crippen MR) is 128 cm³/mol. The number of hydrogen-bond donors (Lipinski definition) is 2. The van der Waals surface area contributed by atoms with Crippen LogP contribution in [0.5, 0.6) is 0 Å². The second-order valence-electron chi connectivity index (χ2n) is 9.32. The fourth-order valence-electron chi connectivity index (χ4n) is 4.19. The second kappa shape index (κ2) is 12.4. The molecule has 2 saturated heterocycles. The van der Waals surface area contributed by atoms with Crippen LogP contribution >= 0.6 is 0 Å². The van der Waals surface area contributed by atoms with Gasteiger partial charge in [0.25, 0.3) is 5.91 Å². The zero-order chi connectivity index (χ0) is 24.5. The van der Waals surface area contributed by atoms with E-state index in [2.05, 4.69) is 10.6 Å². The summed E-state index contributed by atoms with van der Waals surface area (Å²) in [7, 11) is 0. The molecule has 9 nitrogen and oxygen atoms in total. The van der Waals surface area contributed by atoms with Gasteiger partial charge >= 0.3 is 5.97 Å². The second-order valence-corrected chi connectivity index (χ2v) is 9.32. The summed E-state index contributed by atoms with van der Waals surface area (Å²) in [5.41, 5.74) is 1.24. The van der Waals surface area contributed by atoms with E-state index in [9.17, 15) is 19.2 Å². The zero-order valence-electron chi connectivity index (χ0n) is 20.2. The molecule has 2 fully saturated rings. The minimum Gasteiger partial charge on any atom is -0.465 e. The summed E-state index contributed by atoms with van der Waals surface area (Å²) < 4.78 is 5.20. The highest BCUT2D eigenvalue weighted by Gasteiger charge is 2.35. The van der Waals surface area contributed by atoms with E-state index in [0.717, 1.165) is 38.8 Å². The number of likely N-dealkylation sites (tertiary alicyclic amines) is 1. The van der Waals surface area contributed by atoms with Gasteiger partial charge in [-0.05, 0) is 37.0 Å². The first-order valence-corrected chi connectivity index (χ1v) is 12.2. The van der Waals surface area contributed by atoms with Crippen LogP contribution in [0.4, 0.5) is 5.69 Å². The van der Waals surface area contributed by atoms with Crippen LogP contribution in [0.25, 0.3) is 0 Å². The summed E-state index contributed by atoms with van der Waals surface area (Å²) in [4.78, 5) is 53.7. The molecule has 3 rings (SSSR count). The molecular formula is C25H36N4O5. The lowest BCUT2D eigenvalue weighted by atomic mass is 10.1. The Labute approximate surface area is 201 Å². The van der Waals surface area contributed by atoms with Crippen molar-refractivity contribution < 1.29 is 23.9 Å². The Bertz CT molecular complexity index is 880. The van der Waals surface area contributed by atoms with E-state index in [1.54, 1.807) is 24.3 Å². The van der Waals surface area contributed by atoms with Crippen LogP contribution in [0.15, 0.2) is 24.3 Å². The van der Waals surface area contributed by atoms with Gasteiger partial charge in [-0.15, -0.1) is 0 Å². The van der Waals surface area contributed by atoms with E-state index in [-0.39, 0.29) is 43.2 Å². The Balaban J connectivity index is 1.59. The van der Waals surface area contributed by atoms with Crippen LogP contribution in [-0.4, -0.2) is 78.9 Å². The van der Waals surface area contributed by atoms with E-state index in [1.165, 1.54) is 4.90 Å². The highest BCUT2D eigenvalue weighted by atomic mass is 16.5. The molecule has 0 saturated carbocycles. The van der Waals surface area contributed by atoms with Gasteiger partial charge in [-0.2, -0.15) is 0 Å². The molecule has 186 valence electrons. The largest absolute Gasteiger partial charge is 0.465 e. The minimum atomic E-state index is -0.890. The van der Waals surface area contributed by atoms with Gasteiger partial charge < -0.3 is 25.2 Å². The van der Waals surface area contributed by atoms with Crippen molar-refractivity contribution in [2.24, 2.45) is 5.92 Å². The number of nitrogens with zero attached hydrogens (tertiary/aromatic N) is 2. The Morgan fingerprint density at radius 2 is 1.85 bits per heavy atom. The number of carbonyl (C=O) groups excluding carboxylic acids is 4. The fourth-order valence-corrected chi connectivity index (χ4v) is 4.19. The molecule has 0 aromatic heterocycles. The van der Waals surface area contributed by atoms with Crippen molar-refractivity contribution in [1.29, 1.82) is 0 Å². The normalized spacial score (nSPS) is 18.8. The molecule has 0 aliphatic carbocycles. The molecule has 3 amide bonds. The van der Waals surface area contributed by atoms with Crippen molar-refractivity contribution >= 4 is 29.4 Å². The molecule has 0 radical (unpaired) electrons. The highest BCUT2D eigenvalue weighted by Crippen LogP contribution is 2.17.